The van der Waals surface area contributed by atoms with Crippen molar-refractivity contribution in [1.82, 2.24) is 10.2 Å². The molecule has 1 aromatic carbocycles. The van der Waals surface area contributed by atoms with Crippen LogP contribution in [0.2, 0.25) is 0 Å². The molecule has 2 heterocycles. The maximum absolute atomic E-state index is 12.9. The van der Waals surface area contributed by atoms with Crippen LogP contribution in [0.25, 0.3) is 0 Å². The molecular formula is C20H25F3N2O. The van der Waals surface area contributed by atoms with E-state index in [0.29, 0.717) is 31.0 Å². The molecule has 1 saturated carbocycles. The lowest BCUT2D eigenvalue weighted by atomic mass is 9.89. The number of halogens is 3. The van der Waals surface area contributed by atoms with Crippen LogP contribution in [0.1, 0.15) is 56.1 Å². The second kappa shape index (κ2) is 6.87. The Morgan fingerprint density at radius 2 is 1.65 bits per heavy atom. The van der Waals surface area contributed by atoms with Crippen LogP contribution in [0.4, 0.5) is 13.2 Å². The first-order valence-electron chi connectivity index (χ1n) is 9.60. The minimum atomic E-state index is -4.32. The summed E-state index contributed by atoms with van der Waals surface area (Å²) >= 11 is 0. The first-order valence-corrected chi connectivity index (χ1v) is 9.60. The van der Waals surface area contributed by atoms with Crippen molar-refractivity contribution in [2.45, 2.75) is 75.8 Å². The zero-order valence-corrected chi connectivity index (χ0v) is 14.8. The third-order valence-corrected chi connectivity index (χ3v) is 5.98. The summed E-state index contributed by atoms with van der Waals surface area (Å²) in [6.45, 7) is 0.416. The Bertz CT molecular complexity index is 642. The minimum Gasteiger partial charge on any atom is -0.335 e. The van der Waals surface area contributed by atoms with Gasteiger partial charge in [0, 0.05) is 31.1 Å². The van der Waals surface area contributed by atoms with Crippen LogP contribution < -0.4 is 5.32 Å². The standard InChI is InChI=1S/C20H25F3N2O/c21-20(22,23)15-3-1-13(2-4-15)12-25(18-7-8-18)19(26)11-14-9-16-5-6-17(10-14)24-16/h1-4,14,16-18,24H,5-12H2. The molecule has 1 amide bonds. The number of fused-ring (bicyclic) bond motifs is 2. The Hall–Kier alpha value is -1.56. The van der Waals surface area contributed by atoms with Gasteiger partial charge in [0.25, 0.3) is 0 Å². The Kier molecular flexibility index (Phi) is 4.71. The summed E-state index contributed by atoms with van der Waals surface area (Å²) in [5.74, 6) is 0.605. The predicted octanol–water partition coefficient (Wildman–Crippen LogP) is 4.12. The number of nitrogens with one attached hydrogen (secondary N) is 1. The molecule has 2 saturated heterocycles. The lowest BCUT2D eigenvalue weighted by molar-refractivity contribution is -0.137. The molecule has 26 heavy (non-hydrogen) atoms. The van der Waals surface area contributed by atoms with E-state index in [1.165, 1.54) is 25.0 Å². The maximum atomic E-state index is 12.9. The molecule has 3 nitrogen and oxygen atoms in total. The van der Waals surface area contributed by atoms with Gasteiger partial charge in [-0.3, -0.25) is 4.79 Å². The van der Waals surface area contributed by atoms with Gasteiger partial charge in [-0.25, -0.2) is 0 Å². The first kappa shape index (κ1) is 17.8. The second-order valence-electron chi connectivity index (χ2n) is 8.13. The summed E-state index contributed by atoms with van der Waals surface area (Å²) in [6.07, 6.45) is 2.83. The summed E-state index contributed by atoms with van der Waals surface area (Å²) in [5, 5.41) is 3.60. The molecule has 3 aliphatic rings. The summed E-state index contributed by atoms with van der Waals surface area (Å²) in [6, 6.07) is 6.60. The van der Waals surface area contributed by atoms with Crippen molar-refractivity contribution in [3.05, 3.63) is 35.4 Å². The maximum Gasteiger partial charge on any atom is 0.416 e. The molecule has 1 aromatic rings. The molecule has 6 heteroatoms. The Morgan fingerprint density at radius 1 is 1.04 bits per heavy atom. The summed E-state index contributed by atoms with van der Waals surface area (Å²) in [5.41, 5.74) is 0.124. The van der Waals surface area contributed by atoms with Crippen molar-refractivity contribution >= 4 is 5.91 Å². The molecule has 0 radical (unpaired) electrons. The van der Waals surface area contributed by atoms with E-state index in [9.17, 15) is 18.0 Å². The van der Waals surface area contributed by atoms with E-state index in [0.717, 1.165) is 43.4 Å². The molecule has 2 aliphatic heterocycles. The number of alkyl halides is 3. The quantitative estimate of drug-likeness (QED) is 0.850. The monoisotopic (exact) mass is 366 g/mol. The number of carbonyl (C=O) groups excluding carboxylic acids is 1. The summed E-state index contributed by atoms with van der Waals surface area (Å²) < 4.78 is 38.1. The lowest BCUT2D eigenvalue weighted by Gasteiger charge is -2.31. The molecule has 1 aliphatic carbocycles. The number of carbonyl (C=O) groups is 1. The van der Waals surface area contributed by atoms with E-state index in [1.807, 2.05) is 4.90 Å². The molecule has 2 unspecified atom stereocenters. The van der Waals surface area contributed by atoms with Crippen LogP contribution in [0.5, 0.6) is 0 Å². The van der Waals surface area contributed by atoms with Crippen LogP contribution >= 0.6 is 0 Å². The third kappa shape index (κ3) is 4.05. The highest BCUT2D eigenvalue weighted by molar-refractivity contribution is 5.77. The molecule has 142 valence electrons. The highest BCUT2D eigenvalue weighted by atomic mass is 19.4. The van der Waals surface area contributed by atoms with Crippen LogP contribution in [0.3, 0.4) is 0 Å². The highest BCUT2D eigenvalue weighted by Crippen LogP contribution is 2.35. The van der Waals surface area contributed by atoms with E-state index >= 15 is 0 Å². The van der Waals surface area contributed by atoms with Gasteiger partial charge in [-0.05, 0) is 62.1 Å². The lowest BCUT2D eigenvalue weighted by Crippen LogP contribution is -2.40. The van der Waals surface area contributed by atoms with Crippen molar-refractivity contribution in [2.75, 3.05) is 0 Å². The Labute approximate surface area is 151 Å². The van der Waals surface area contributed by atoms with Gasteiger partial charge in [-0.15, -0.1) is 0 Å². The normalized spacial score (nSPS) is 28.2. The van der Waals surface area contributed by atoms with Crippen molar-refractivity contribution in [2.24, 2.45) is 5.92 Å². The van der Waals surface area contributed by atoms with Crippen LogP contribution in [-0.4, -0.2) is 28.9 Å². The topological polar surface area (TPSA) is 32.3 Å². The molecule has 4 rings (SSSR count). The first-order chi connectivity index (χ1) is 12.4. The number of hydrogen-bond acceptors (Lipinski definition) is 2. The van der Waals surface area contributed by atoms with Gasteiger partial charge in [-0.2, -0.15) is 13.2 Å². The van der Waals surface area contributed by atoms with E-state index in [1.54, 1.807) is 0 Å². The largest absolute Gasteiger partial charge is 0.416 e. The second-order valence-corrected chi connectivity index (χ2v) is 8.13. The van der Waals surface area contributed by atoms with Gasteiger partial charge >= 0.3 is 6.18 Å². The van der Waals surface area contributed by atoms with Crippen LogP contribution in [0.15, 0.2) is 24.3 Å². The minimum absolute atomic E-state index is 0.165. The smallest absolute Gasteiger partial charge is 0.335 e. The Morgan fingerprint density at radius 3 is 2.19 bits per heavy atom. The molecule has 2 atom stereocenters. The fraction of sp³-hybridized carbons (Fsp3) is 0.650. The molecule has 3 fully saturated rings. The number of hydrogen-bond donors (Lipinski definition) is 1. The zero-order valence-electron chi connectivity index (χ0n) is 14.8. The van der Waals surface area contributed by atoms with E-state index < -0.39 is 11.7 Å². The molecule has 1 N–H and O–H groups in total. The number of piperidine rings is 1. The van der Waals surface area contributed by atoms with Gasteiger partial charge in [0.1, 0.15) is 0 Å². The molecular weight excluding hydrogens is 341 g/mol. The molecule has 0 spiro atoms. The number of benzene rings is 1. The SMILES string of the molecule is O=C(CC1CC2CCC(C1)N2)N(Cc1ccc(C(F)(F)F)cc1)C1CC1. The average molecular weight is 366 g/mol. The van der Waals surface area contributed by atoms with Gasteiger partial charge in [0.2, 0.25) is 5.91 Å². The summed E-state index contributed by atoms with van der Waals surface area (Å²) in [7, 11) is 0. The zero-order chi connectivity index (χ0) is 18.3. The fourth-order valence-corrected chi connectivity index (χ4v) is 4.51. The third-order valence-electron chi connectivity index (χ3n) is 5.98. The average Bonchev–Trinajstić information content (AvgIpc) is 3.37. The number of rotatable bonds is 5. The molecule has 0 aromatic heterocycles. The number of nitrogens with zero attached hydrogens (tertiary/aromatic N) is 1. The van der Waals surface area contributed by atoms with Crippen molar-refractivity contribution in [1.29, 1.82) is 0 Å². The van der Waals surface area contributed by atoms with Crippen molar-refractivity contribution in [3.8, 4) is 0 Å². The van der Waals surface area contributed by atoms with E-state index in [-0.39, 0.29) is 11.9 Å². The van der Waals surface area contributed by atoms with Gasteiger partial charge in [0.15, 0.2) is 0 Å². The van der Waals surface area contributed by atoms with Crippen molar-refractivity contribution in [3.63, 3.8) is 0 Å². The van der Waals surface area contributed by atoms with Gasteiger partial charge < -0.3 is 10.2 Å². The van der Waals surface area contributed by atoms with Crippen LogP contribution in [0, 0.1) is 5.92 Å². The number of amides is 1. The fourth-order valence-electron chi connectivity index (χ4n) is 4.51. The highest BCUT2D eigenvalue weighted by Gasteiger charge is 2.37. The van der Waals surface area contributed by atoms with Crippen molar-refractivity contribution < 1.29 is 18.0 Å². The van der Waals surface area contributed by atoms with Gasteiger partial charge in [0.05, 0.1) is 5.56 Å². The van der Waals surface area contributed by atoms with E-state index in [2.05, 4.69) is 5.32 Å². The Balaban J connectivity index is 1.39. The summed E-state index contributed by atoms with van der Waals surface area (Å²) in [4.78, 5) is 14.8. The predicted molar refractivity (Wildman–Crippen MR) is 92.3 cm³/mol. The van der Waals surface area contributed by atoms with Crippen LogP contribution in [-0.2, 0) is 17.5 Å². The van der Waals surface area contributed by atoms with E-state index in [4.69, 9.17) is 0 Å². The van der Waals surface area contributed by atoms with Gasteiger partial charge in [-0.1, -0.05) is 12.1 Å². The molecule has 2 bridgehead atoms.